The second-order valence-electron chi connectivity index (χ2n) is 13.5. The van der Waals surface area contributed by atoms with Gasteiger partial charge in [-0.2, -0.15) is 0 Å². The quantitative estimate of drug-likeness (QED) is 0.233. The summed E-state index contributed by atoms with van der Waals surface area (Å²) >= 11 is 0. The third kappa shape index (κ3) is 3.75. The van der Waals surface area contributed by atoms with E-state index in [1.54, 1.807) is 5.57 Å². The van der Waals surface area contributed by atoms with Crippen molar-refractivity contribution in [3.05, 3.63) is 23.5 Å². The minimum Gasteiger partial charge on any atom is -0.432 e. The number of hydrogen-bond donors (Lipinski definition) is 0. The number of ether oxygens (including phenoxy) is 1. The molecule has 190 valence electrons. The van der Waals surface area contributed by atoms with Gasteiger partial charge in [0.15, 0.2) is 0 Å². The summed E-state index contributed by atoms with van der Waals surface area (Å²) in [7, 11) is 0. The van der Waals surface area contributed by atoms with Crippen molar-refractivity contribution in [1.82, 2.24) is 0 Å². The van der Waals surface area contributed by atoms with Gasteiger partial charge >= 0.3 is 5.97 Å². The van der Waals surface area contributed by atoms with E-state index in [1.807, 2.05) is 6.92 Å². The summed E-state index contributed by atoms with van der Waals surface area (Å²) < 4.78 is 5.21. The molecule has 0 amide bonds. The smallest absolute Gasteiger partial charge is 0.307 e. The second-order valence-corrected chi connectivity index (χ2v) is 13.5. The van der Waals surface area contributed by atoms with Gasteiger partial charge in [-0.25, -0.2) is 0 Å². The average Bonchev–Trinajstić information content (AvgIpc) is 3.02. The van der Waals surface area contributed by atoms with Gasteiger partial charge in [0.05, 0.1) is 0 Å². The zero-order chi connectivity index (χ0) is 25.1. The summed E-state index contributed by atoms with van der Waals surface area (Å²) in [6, 6.07) is 0. The van der Waals surface area contributed by atoms with Gasteiger partial charge < -0.3 is 4.74 Å². The van der Waals surface area contributed by atoms with Crippen molar-refractivity contribution in [2.24, 2.45) is 45.3 Å². The molecule has 3 heteroatoms. The Bertz CT molecular complexity index is 910. The number of rotatable bonds is 5. The van der Waals surface area contributed by atoms with Crippen LogP contribution in [-0.4, -0.2) is 11.8 Å². The molecular formula is C31H48O3. The molecule has 7 atom stereocenters. The molecule has 0 saturated heterocycles. The molecule has 3 saturated carbocycles. The molecule has 3 nitrogen and oxygen atoms in total. The molecule has 4 aliphatic carbocycles. The Hall–Kier alpha value is -1.38. The summed E-state index contributed by atoms with van der Waals surface area (Å²) in [5, 5.41) is 0. The van der Waals surface area contributed by atoms with Gasteiger partial charge in [-0.3, -0.25) is 9.59 Å². The van der Waals surface area contributed by atoms with Crippen LogP contribution < -0.4 is 0 Å². The first-order chi connectivity index (χ1) is 15.8. The van der Waals surface area contributed by atoms with Gasteiger partial charge in [-0.15, -0.1) is 0 Å². The van der Waals surface area contributed by atoms with Crippen molar-refractivity contribution in [2.45, 2.75) is 113 Å². The molecule has 0 unspecified atom stereocenters. The minimum atomic E-state index is -0.236. The molecule has 3 fully saturated rings. The lowest BCUT2D eigenvalue weighted by molar-refractivity contribution is -0.146. The van der Waals surface area contributed by atoms with Crippen LogP contribution in [0.3, 0.4) is 0 Å². The maximum absolute atomic E-state index is 12.8. The molecule has 0 aliphatic heterocycles. The molecular weight excluding hydrogens is 420 g/mol. The van der Waals surface area contributed by atoms with Crippen molar-refractivity contribution in [3.63, 3.8) is 0 Å². The number of carbonyl (C=O) groups excluding carboxylic acids is 2. The van der Waals surface area contributed by atoms with Crippen LogP contribution in [0.15, 0.2) is 23.5 Å². The number of esters is 1. The summed E-state index contributed by atoms with van der Waals surface area (Å²) in [5.74, 6) is 3.48. The van der Waals surface area contributed by atoms with E-state index in [-0.39, 0.29) is 22.2 Å². The molecule has 0 radical (unpaired) electrons. The maximum Gasteiger partial charge on any atom is 0.307 e. The predicted octanol–water partition coefficient (Wildman–Crippen LogP) is 8.04. The largest absolute Gasteiger partial charge is 0.432 e. The zero-order valence-electron chi connectivity index (χ0n) is 23.1. The Labute approximate surface area is 208 Å². The van der Waals surface area contributed by atoms with E-state index in [9.17, 15) is 9.59 Å². The van der Waals surface area contributed by atoms with Gasteiger partial charge in [0.1, 0.15) is 11.5 Å². The third-order valence-electron chi connectivity index (χ3n) is 11.7. The van der Waals surface area contributed by atoms with Crippen LogP contribution in [0.25, 0.3) is 0 Å². The average molecular weight is 469 g/mol. The fourth-order valence-corrected chi connectivity index (χ4v) is 9.48. The van der Waals surface area contributed by atoms with Crippen LogP contribution in [-0.2, 0) is 14.3 Å². The highest BCUT2D eigenvalue weighted by atomic mass is 16.5. The lowest BCUT2D eigenvalue weighted by atomic mass is 9.41. The number of carbonyl (C=O) groups is 2. The Morgan fingerprint density at radius 2 is 1.82 bits per heavy atom. The molecule has 4 aliphatic rings. The van der Waals surface area contributed by atoms with Crippen molar-refractivity contribution in [3.8, 4) is 0 Å². The fraction of sp³-hybridized carbons (Fsp3) is 0.806. The van der Waals surface area contributed by atoms with Gasteiger partial charge in [-0.1, -0.05) is 53.2 Å². The van der Waals surface area contributed by atoms with Crippen molar-refractivity contribution < 1.29 is 14.3 Å². The van der Waals surface area contributed by atoms with Crippen LogP contribution in [0.1, 0.15) is 113 Å². The van der Waals surface area contributed by atoms with Crippen LogP contribution >= 0.6 is 0 Å². The van der Waals surface area contributed by atoms with Crippen molar-refractivity contribution in [1.29, 1.82) is 0 Å². The second kappa shape index (κ2) is 8.63. The molecule has 0 spiro atoms. The highest BCUT2D eigenvalue weighted by Gasteiger charge is 2.65. The maximum atomic E-state index is 12.8. The highest BCUT2D eigenvalue weighted by molar-refractivity contribution is 5.85. The molecule has 0 aromatic carbocycles. The number of Topliss-reactive ketones (excluding diaryl/α,β-unsaturated/α-hetero) is 1. The topological polar surface area (TPSA) is 43.4 Å². The van der Waals surface area contributed by atoms with Gasteiger partial charge in [0.2, 0.25) is 0 Å². The molecule has 34 heavy (non-hydrogen) atoms. The van der Waals surface area contributed by atoms with E-state index in [4.69, 9.17) is 4.74 Å². The summed E-state index contributed by atoms with van der Waals surface area (Å²) in [6.07, 6.45) is 14.9. The van der Waals surface area contributed by atoms with E-state index in [2.05, 4.69) is 53.7 Å². The molecule has 0 heterocycles. The molecule has 0 aromatic heterocycles. The molecule has 4 rings (SSSR count). The monoisotopic (exact) mass is 468 g/mol. The number of fused-ring (bicyclic) bond motifs is 5. The van der Waals surface area contributed by atoms with Gasteiger partial charge in [0, 0.05) is 18.8 Å². The van der Waals surface area contributed by atoms with Crippen LogP contribution in [0.5, 0.6) is 0 Å². The van der Waals surface area contributed by atoms with E-state index in [1.165, 1.54) is 32.6 Å². The van der Waals surface area contributed by atoms with Crippen LogP contribution in [0.4, 0.5) is 0 Å². The summed E-state index contributed by atoms with van der Waals surface area (Å²) in [5.41, 5.74) is 2.44. The number of hydrogen-bond acceptors (Lipinski definition) is 3. The predicted molar refractivity (Wildman–Crippen MR) is 138 cm³/mol. The third-order valence-corrected chi connectivity index (χ3v) is 11.7. The summed E-state index contributed by atoms with van der Waals surface area (Å²) in [6.45, 7) is 17.9. The van der Waals surface area contributed by atoms with E-state index < -0.39 is 0 Å². The molecule has 0 N–H and O–H groups in total. The standard InChI is InChI=1S/C31H48O3/c1-20(10-9-11-21(2)34-22(3)32)23-14-18-31(8)25-12-13-26-28(4,5)27(33)16-17-29(26,6)24(25)15-19-30(23,31)7/h11-12,20,23-24,26H,9-10,13-19H2,1-8H3/b21-11-/t20-,23-,24-,26-,29+,30-,31-/m0/s1. The highest BCUT2D eigenvalue weighted by Crippen LogP contribution is 2.73. The fourth-order valence-electron chi connectivity index (χ4n) is 9.48. The first-order valence-corrected chi connectivity index (χ1v) is 13.9. The van der Waals surface area contributed by atoms with Crippen molar-refractivity contribution in [2.75, 3.05) is 0 Å². The van der Waals surface area contributed by atoms with Crippen LogP contribution in [0, 0.1) is 45.3 Å². The Balaban J connectivity index is 1.55. The van der Waals surface area contributed by atoms with E-state index in [0.29, 0.717) is 29.0 Å². The van der Waals surface area contributed by atoms with E-state index >= 15 is 0 Å². The molecule has 0 bridgehead atoms. The Morgan fingerprint density at radius 1 is 1.12 bits per heavy atom. The van der Waals surface area contributed by atoms with Gasteiger partial charge in [-0.05, 0) is 104 Å². The van der Waals surface area contributed by atoms with Crippen LogP contribution in [0.2, 0.25) is 0 Å². The van der Waals surface area contributed by atoms with E-state index in [0.717, 1.165) is 43.8 Å². The first kappa shape index (κ1) is 25.7. The Morgan fingerprint density at radius 3 is 2.50 bits per heavy atom. The number of ketones is 1. The Kier molecular flexibility index (Phi) is 6.52. The molecule has 0 aromatic rings. The van der Waals surface area contributed by atoms with Crippen molar-refractivity contribution >= 4 is 11.8 Å². The normalized spacial score (nSPS) is 42.2. The minimum absolute atomic E-state index is 0.193. The first-order valence-electron chi connectivity index (χ1n) is 13.9. The zero-order valence-corrected chi connectivity index (χ0v) is 23.1. The lowest BCUT2D eigenvalue weighted by Gasteiger charge is -2.63. The SMILES string of the molecule is CC(=O)O/C(C)=C\CC[C@H](C)[C@@H]1CC[C@@]2(C)C3=CC[C@H]4C(C)(C)C(=O)CC[C@]4(C)[C@H]3CC[C@@]12C. The van der Waals surface area contributed by atoms with Gasteiger partial charge in [0.25, 0.3) is 0 Å². The summed E-state index contributed by atoms with van der Waals surface area (Å²) in [4.78, 5) is 24.0. The lowest BCUT2D eigenvalue weighted by Crippen LogP contribution is -2.57. The number of allylic oxidation sites excluding steroid dienone is 4.